The Morgan fingerprint density at radius 1 is 1.37 bits per heavy atom. The second kappa shape index (κ2) is 5.59. The first-order valence-electron chi connectivity index (χ1n) is 7.12. The van der Waals surface area contributed by atoms with Crippen LogP contribution in [0, 0.1) is 0 Å². The van der Waals surface area contributed by atoms with Crippen LogP contribution in [-0.2, 0) is 4.74 Å². The van der Waals surface area contributed by atoms with Gasteiger partial charge < -0.3 is 20.7 Å². The van der Waals surface area contributed by atoms with Gasteiger partial charge >= 0.3 is 0 Å². The van der Waals surface area contributed by atoms with Gasteiger partial charge in [0.15, 0.2) is 0 Å². The first kappa shape index (κ1) is 13.1. The molecule has 0 amide bonds. The number of nitrogens with one attached hydrogen (secondary N) is 1. The molecule has 104 valence electrons. The average molecular weight is 261 g/mol. The van der Waals surface area contributed by atoms with Crippen LogP contribution < -0.4 is 11.1 Å². The Morgan fingerprint density at radius 2 is 2.16 bits per heavy atom. The molecule has 1 aromatic carbocycles. The predicted molar refractivity (Wildman–Crippen MR) is 76.0 cm³/mol. The summed E-state index contributed by atoms with van der Waals surface area (Å²) in [7, 11) is 2.15. The third-order valence-corrected chi connectivity index (χ3v) is 4.19. The number of nitrogens with two attached hydrogens (primary N) is 1. The molecular formula is C15H23N3O. The number of rotatable bonds is 3. The highest BCUT2D eigenvalue weighted by atomic mass is 16.5. The zero-order chi connectivity index (χ0) is 13.2. The molecular weight excluding hydrogens is 238 g/mol. The maximum absolute atomic E-state index is 6.19. The van der Waals surface area contributed by atoms with E-state index in [1.807, 2.05) is 0 Å². The van der Waals surface area contributed by atoms with Crippen molar-refractivity contribution in [1.29, 1.82) is 0 Å². The largest absolute Gasteiger partial charge is 0.374 e. The summed E-state index contributed by atoms with van der Waals surface area (Å²) in [6.45, 7) is 3.78. The molecule has 1 saturated heterocycles. The van der Waals surface area contributed by atoms with E-state index in [0.29, 0.717) is 12.1 Å². The zero-order valence-electron chi connectivity index (χ0n) is 11.5. The summed E-state index contributed by atoms with van der Waals surface area (Å²) in [4.78, 5) is 2.32. The van der Waals surface area contributed by atoms with Gasteiger partial charge in [0.1, 0.15) is 0 Å². The molecule has 1 aliphatic heterocycles. The number of hydrogen-bond acceptors (Lipinski definition) is 4. The van der Waals surface area contributed by atoms with Crippen molar-refractivity contribution in [3.63, 3.8) is 0 Å². The number of benzene rings is 1. The van der Waals surface area contributed by atoms with Crippen LogP contribution in [0.2, 0.25) is 0 Å². The Kier molecular flexibility index (Phi) is 3.84. The lowest BCUT2D eigenvalue weighted by Crippen LogP contribution is -2.45. The standard InChI is InChI=1S/C15H23N3O/c1-18-6-7-19-11(10-18)9-17-15-8-14(16)12-4-2-3-5-13(12)15/h2-5,11,14-15,17H,6-10,16H2,1H3. The number of fused-ring (bicyclic) bond motifs is 1. The molecule has 0 spiro atoms. The smallest absolute Gasteiger partial charge is 0.0826 e. The van der Waals surface area contributed by atoms with Gasteiger partial charge in [-0.1, -0.05) is 24.3 Å². The minimum absolute atomic E-state index is 0.170. The van der Waals surface area contributed by atoms with E-state index in [1.54, 1.807) is 0 Å². The number of morpholine rings is 1. The van der Waals surface area contributed by atoms with E-state index in [4.69, 9.17) is 10.5 Å². The van der Waals surface area contributed by atoms with Gasteiger partial charge in [-0.2, -0.15) is 0 Å². The van der Waals surface area contributed by atoms with Crippen molar-refractivity contribution in [2.45, 2.75) is 24.6 Å². The van der Waals surface area contributed by atoms with Crippen molar-refractivity contribution < 1.29 is 4.74 Å². The summed E-state index contributed by atoms with van der Waals surface area (Å²) >= 11 is 0. The lowest BCUT2D eigenvalue weighted by molar-refractivity contribution is -0.0193. The van der Waals surface area contributed by atoms with Crippen LogP contribution in [0.1, 0.15) is 29.6 Å². The second-order valence-corrected chi connectivity index (χ2v) is 5.69. The Hall–Kier alpha value is -0.940. The molecule has 3 atom stereocenters. The fourth-order valence-electron chi connectivity index (χ4n) is 3.13. The Balaban J connectivity index is 1.59. The zero-order valence-corrected chi connectivity index (χ0v) is 11.5. The molecule has 1 aliphatic carbocycles. The van der Waals surface area contributed by atoms with Crippen molar-refractivity contribution in [3.05, 3.63) is 35.4 Å². The third-order valence-electron chi connectivity index (χ3n) is 4.19. The Bertz CT molecular complexity index is 437. The summed E-state index contributed by atoms with van der Waals surface area (Å²) in [5.41, 5.74) is 8.84. The molecule has 19 heavy (non-hydrogen) atoms. The molecule has 1 fully saturated rings. The highest BCUT2D eigenvalue weighted by Gasteiger charge is 2.28. The molecule has 0 bridgehead atoms. The molecule has 4 heteroatoms. The molecule has 0 saturated carbocycles. The van der Waals surface area contributed by atoms with Gasteiger partial charge in [-0.05, 0) is 24.6 Å². The van der Waals surface area contributed by atoms with Gasteiger partial charge in [0, 0.05) is 31.7 Å². The molecule has 0 aromatic heterocycles. The van der Waals surface area contributed by atoms with Gasteiger partial charge in [-0.25, -0.2) is 0 Å². The van der Waals surface area contributed by atoms with Crippen molar-refractivity contribution in [2.24, 2.45) is 5.73 Å². The van der Waals surface area contributed by atoms with Gasteiger partial charge in [-0.15, -0.1) is 0 Å². The van der Waals surface area contributed by atoms with E-state index in [1.165, 1.54) is 11.1 Å². The number of ether oxygens (including phenoxy) is 1. The first-order valence-corrected chi connectivity index (χ1v) is 7.12. The normalized spacial score (nSPS) is 31.4. The monoisotopic (exact) mass is 261 g/mol. The van der Waals surface area contributed by atoms with Crippen molar-refractivity contribution in [3.8, 4) is 0 Å². The van der Waals surface area contributed by atoms with Gasteiger partial charge in [0.05, 0.1) is 12.7 Å². The van der Waals surface area contributed by atoms with Crippen LogP contribution in [0.4, 0.5) is 0 Å². The number of likely N-dealkylation sites (N-methyl/N-ethyl adjacent to an activating group) is 1. The van der Waals surface area contributed by atoms with Crippen molar-refractivity contribution in [1.82, 2.24) is 10.2 Å². The maximum atomic E-state index is 6.19. The van der Waals surface area contributed by atoms with Crippen LogP contribution in [0.3, 0.4) is 0 Å². The topological polar surface area (TPSA) is 50.5 Å². The van der Waals surface area contributed by atoms with Crippen LogP contribution in [0.25, 0.3) is 0 Å². The molecule has 3 N–H and O–H groups in total. The van der Waals surface area contributed by atoms with Crippen LogP contribution in [0.15, 0.2) is 24.3 Å². The minimum atomic E-state index is 0.170. The SMILES string of the molecule is CN1CCOC(CNC2CC(N)c3ccccc32)C1. The van der Waals surface area contributed by atoms with E-state index < -0.39 is 0 Å². The Labute approximate surface area is 114 Å². The number of hydrogen-bond donors (Lipinski definition) is 2. The summed E-state index contributed by atoms with van der Waals surface area (Å²) in [5, 5.41) is 3.63. The van der Waals surface area contributed by atoms with E-state index >= 15 is 0 Å². The van der Waals surface area contributed by atoms with Crippen molar-refractivity contribution >= 4 is 0 Å². The summed E-state index contributed by atoms with van der Waals surface area (Å²) < 4.78 is 5.79. The molecule has 4 nitrogen and oxygen atoms in total. The molecule has 1 aromatic rings. The van der Waals surface area contributed by atoms with Crippen molar-refractivity contribution in [2.75, 3.05) is 33.3 Å². The average Bonchev–Trinajstić information content (AvgIpc) is 2.74. The fraction of sp³-hybridized carbons (Fsp3) is 0.600. The number of nitrogens with zero attached hydrogens (tertiary/aromatic N) is 1. The maximum Gasteiger partial charge on any atom is 0.0826 e. The van der Waals surface area contributed by atoms with Gasteiger partial charge in [0.25, 0.3) is 0 Å². The first-order chi connectivity index (χ1) is 9.24. The molecule has 3 rings (SSSR count). The predicted octanol–water partition coefficient (Wildman–Crippen LogP) is 1.05. The third kappa shape index (κ3) is 2.82. The summed E-state index contributed by atoms with van der Waals surface area (Å²) in [6, 6.07) is 9.04. The van der Waals surface area contributed by atoms with Crippen LogP contribution >= 0.6 is 0 Å². The lowest BCUT2D eigenvalue weighted by atomic mass is 10.1. The lowest BCUT2D eigenvalue weighted by Gasteiger charge is -2.31. The van der Waals surface area contributed by atoms with E-state index in [0.717, 1.165) is 32.7 Å². The van der Waals surface area contributed by atoms with Gasteiger partial charge in [0.2, 0.25) is 0 Å². The Morgan fingerprint density at radius 3 is 2.95 bits per heavy atom. The molecule has 2 aliphatic rings. The van der Waals surface area contributed by atoms with E-state index in [-0.39, 0.29) is 6.04 Å². The molecule has 0 radical (unpaired) electrons. The van der Waals surface area contributed by atoms with E-state index in [2.05, 4.69) is 41.5 Å². The molecule has 1 heterocycles. The van der Waals surface area contributed by atoms with Crippen LogP contribution in [-0.4, -0.2) is 44.3 Å². The summed E-state index contributed by atoms with van der Waals surface area (Å²) in [6.07, 6.45) is 1.28. The quantitative estimate of drug-likeness (QED) is 0.854. The van der Waals surface area contributed by atoms with E-state index in [9.17, 15) is 0 Å². The summed E-state index contributed by atoms with van der Waals surface area (Å²) in [5.74, 6) is 0. The highest BCUT2D eigenvalue weighted by Crippen LogP contribution is 2.36. The minimum Gasteiger partial charge on any atom is -0.374 e. The molecule has 3 unspecified atom stereocenters. The second-order valence-electron chi connectivity index (χ2n) is 5.69. The highest BCUT2D eigenvalue weighted by molar-refractivity contribution is 5.37. The van der Waals surface area contributed by atoms with Gasteiger partial charge in [-0.3, -0.25) is 0 Å². The fourth-order valence-corrected chi connectivity index (χ4v) is 3.13. The van der Waals surface area contributed by atoms with Crippen LogP contribution in [0.5, 0.6) is 0 Å².